The lowest BCUT2D eigenvalue weighted by Crippen LogP contribution is -2.56. The maximum Gasteiger partial charge on any atom is 0.254 e. The van der Waals surface area contributed by atoms with Gasteiger partial charge in [-0.15, -0.1) is 0 Å². The summed E-state index contributed by atoms with van der Waals surface area (Å²) >= 11 is 3.41. The van der Waals surface area contributed by atoms with Gasteiger partial charge in [0.25, 0.3) is 5.91 Å². The van der Waals surface area contributed by atoms with Crippen LogP contribution in [0.1, 0.15) is 35.9 Å². The number of benzene rings is 2. The number of halogens is 1. The van der Waals surface area contributed by atoms with E-state index in [1.807, 2.05) is 73.3 Å². The first-order valence-corrected chi connectivity index (χ1v) is 8.51. The van der Waals surface area contributed by atoms with Crippen LogP contribution in [-0.4, -0.2) is 29.5 Å². The second-order valence-electron chi connectivity index (χ2n) is 6.45. The molecule has 1 aliphatic rings. The highest BCUT2D eigenvalue weighted by molar-refractivity contribution is 9.10. The van der Waals surface area contributed by atoms with Gasteiger partial charge in [0.2, 0.25) is 0 Å². The van der Waals surface area contributed by atoms with E-state index in [0.717, 1.165) is 10.0 Å². The Kier molecular flexibility index (Phi) is 4.55. The molecule has 1 heterocycles. The molecule has 3 nitrogen and oxygen atoms in total. The Bertz CT molecular complexity index is 682. The molecule has 3 rings (SSSR count). The average molecular weight is 374 g/mol. The number of morpholine rings is 1. The lowest BCUT2D eigenvalue weighted by molar-refractivity contribution is -0.0846. The van der Waals surface area contributed by atoms with Crippen molar-refractivity contribution in [1.29, 1.82) is 0 Å². The van der Waals surface area contributed by atoms with Gasteiger partial charge in [-0.3, -0.25) is 4.79 Å². The Morgan fingerprint density at radius 3 is 2.43 bits per heavy atom. The lowest BCUT2D eigenvalue weighted by atomic mass is 9.97. The molecule has 0 aromatic heterocycles. The molecule has 1 unspecified atom stereocenters. The van der Waals surface area contributed by atoms with Gasteiger partial charge in [0.1, 0.15) is 6.10 Å². The van der Waals surface area contributed by atoms with E-state index in [0.29, 0.717) is 18.7 Å². The minimum Gasteiger partial charge on any atom is -0.369 e. The van der Waals surface area contributed by atoms with Crippen molar-refractivity contribution in [3.8, 4) is 0 Å². The van der Waals surface area contributed by atoms with E-state index < -0.39 is 0 Å². The van der Waals surface area contributed by atoms with E-state index in [-0.39, 0.29) is 17.6 Å². The quantitative estimate of drug-likeness (QED) is 0.778. The van der Waals surface area contributed by atoms with Gasteiger partial charge in [0.15, 0.2) is 0 Å². The molecule has 4 heteroatoms. The zero-order valence-electron chi connectivity index (χ0n) is 13.3. The normalized spacial score (nSPS) is 20.3. The molecule has 0 saturated carbocycles. The van der Waals surface area contributed by atoms with E-state index in [1.165, 1.54) is 0 Å². The Hall–Kier alpha value is -1.65. The summed E-state index contributed by atoms with van der Waals surface area (Å²) in [5, 5.41) is 0. The van der Waals surface area contributed by atoms with Crippen LogP contribution in [0.25, 0.3) is 0 Å². The van der Waals surface area contributed by atoms with Gasteiger partial charge in [0.05, 0.1) is 18.7 Å². The zero-order chi connectivity index (χ0) is 16.4. The number of carbonyl (C=O) groups excluding carboxylic acids is 1. The fourth-order valence-electron chi connectivity index (χ4n) is 2.82. The van der Waals surface area contributed by atoms with Gasteiger partial charge >= 0.3 is 0 Å². The van der Waals surface area contributed by atoms with Gasteiger partial charge in [-0.1, -0.05) is 46.3 Å². The average Bonchev–Trinajstić information content (AvgIpc) is 2.55. The molecule has 1 aliphatic heterocycles. The molecule has 0 radical (unpaired) electrons. The Morgan fingerprint density at radius 1 is 1.13 bits per heavy atom. The molecular formula is C19H20BrNO2. The second-order valence-corrected chi connectivity index (χ2v) is 7.36. The van der Waals surface area contributed by atoms with Gasteiger partial charge < -0.3 is 9.64 Å². The highest BCUT2D eigenvalue weighted by Crippen LogP contribution is 2.31. The molecule has 0 aliphatic carbocycles. The third-order valence-electron chi connectivity index (χ3n) is 4.22. The Labute approximate surface area is 145 Å². The van der Waals surface area contributed by atoms with Gasteiger partial charge in [0, 0.05) is 10.0 Å². The number of carbonyl (C=O) groups is 1. The SMILES string of the molecule is CC1(C)COC(c2ccccc2)CN1C(=O)c1ccc(Br)cc1. The third kappa shape index (κ3) is 3.48. The third-order valence-corrected chi connectivity index (χ3v) is 4.75. The zero-order valence-corrected chi connectivity index (χ0v) is 14.9. The molecular weight excluding hydrogens is 354 g/mol. The van der Waals surface area contributed by atoms with Crippen LogP contribution in [0.4, 0.5) is 0 Å². The van der Waals surface area contributed by atoms with Crippen molar-refractivity contribution < 1.29 is 9.53 Å². The molecule has 2 aromatic carbocycles. The lowest BCUT2D eigenvalue weighted by Gasteiger charge is -2.45. The Balaban J connectivity index is 1.85. The first-order chi connectivity index (χ1) is 11.0. The van der Waals surface area contributed by atoms with Crippen molar-refractivity contribution in [2.45, 2.75) is 25.5 Å². The molecule has 0 N–H and O–H groups in total. The van der Waals surface area contributed by atoms with Crippen LogP contribution in [0.15, 0.2) is 59.1 Å². The maximum absolute atomic E-state index is 13.0. The minimum atomic E-state index is -0.324. The van der Waals surface area contributed by atoms with E-state index in [2.05, 4.69) is 15.9 Å². The monoisotopic (exact) mass is 373 g/mol. The largest absolute Gasteiger partial charge is 0.369 e. The summed E-state index contributed by atoms with van der Waals surface area (Å²) in [5.74, 6) is 0.0479. The van der Waals surface area contributed by atoms with Gasteiger partial charge in [-0.25, -0.2) is 0 Å². The van der Waals surface area contributed by atoms with E-state index in [9.17, 15) is 4.79 Å². The number of ether oxygens (including phenoxy) is 1. The van der Waals surface area contributed by atoms with Crippen LogP contribution in [0.2, 0.25) is 0 Å². The fraction of sp³-hybridized carbons (Fsp3) is 0.316. The summed E-state index contributed by atoms with van der Waals surface area (Å²) in [5.41, 5.74) is 1.49. The predicted molar refractivity (Wildman–Crippen MR) is 94.4 cm³/mol. The molecule has 1 saturated heterocycles. The van der Waals surface area contributed by atoms with Crippen LogP contribution in [0.5, 0.6) is 0 Å². The number of rotatable bonds is 2. The molecule has 0 bridgehead atoms. The number of nitrogens with zero attached hydrogens (tertiary/aromatic N) is 1. The number of hydrogen-bond donors (Lipinski definition) is 0. The standard InChI is InChI=1S/C19H20BrNO2/c1-19(2)13-23-17(14-6-4-3-5-7-14)12-21(19)18(22)15-8-10-16(20)11-9-15/h3-11,17H,12-13H2,1-2H3. The molecule has 120 valence electrons. The first-order valence-electron chi connectivity index (χ1n) is 7.71. The van der Waals surface area contributed by atoms with Crippen LogP contribution < -0.4 is 0 Å². The van der Waals surface area contributed by atoms with Crippen molar-refractivity contribution in [3.63, 3.8) is 0 Å². The fourth-order valence-corrected chi connectivity index (χ4v) is 3.09. The topological polar surface area (TPSA) is 29.5 Å². The molecule has 1 fully saturated rings. The van der Waals surface area contributed by atoms with Gasteiger partial charge in [-0.2, -0.15) is 0 Å². The van der Waals surface area contributed by atoms with E-state index >= 15 is 0 Å². The summed E-state index contributed by atoms with van der Waals surface area (Å²) in [6.07, 6.45) is -0.0800. The highest BCUT2D eigenvalue weighted by Gasteiger charge is 2.38. The minimum absolute atomic E-state index is 0.0479. The van der Waals surface area contributed by atoms with Crippen LogP contribution in [-0.2, 0) is 4.74 Å². The summed E-state index contributed by atoms with van der Waals surface area (Å²) in [6.45, 7) is 5.18. The van der Waals surface area contributed by atoms with Crippen molar-refractivity contribution in [3.05, 3.63) is 70.2 Å². The van der Waals surface area contributed by atoms with Crippen LogP contribution >= 0.6 is 15.9 Å². The molecule has 1 amide bonds. The van der Waals surface area contributed by atoms with Crippen molar-refractivity contribution in [2.75, 3.05) is 13.2 Å². The van der Waals surface area contributed by atoms with Crippen molar-refractivity contribution >= 4 is 21.8 Å². The first kappa shape index (κ1) is 16.2. The predicted octanol–water partition coefficient (Wildman–Crippen LogP) is 4.44. The van der Waals surface area contributed by atoms with E-state index in [4.69, 9.17) is 4.74 Å². The summed E-state index contributed by atoms with van der Waals surface area (Å²) in [6, 6.07) is 17.6. The molecule has 1 atom stereocenters. The van der Waals surface area contributed by atoms with Crippen molar-refractivity contribution in [1.82, 2.24) is 4.90 Å². The van der Waals surface area contributed by atoms with E-state index in [1.54, 1.807) is 0 Å². The van der Waals surface area contributed by atoms with Crippen LogP contribution in [0, 0.1) is 0 Å². The van der Waals surface area contributed by atoms with Crippen LogP contribution in [0.3, 0.4) is 0 Å². The number of hydrogen-bond acceptors (Lipinski definition) is 2. The summed E-state index contributed by atoms with van der Waals surface area (Å²) in [7, 11) is 0. The highest BCUT2D eigenvalue weighted by atomic mass is 79.9. The summed E-state index contributed by atoms with van der Waals surface area (Å²) in [4.78, 5) is 14.9. The maximum atomic E-state index is 13.0. The molecule has 2 aromatic rings. The smallest absolute Gasteiger partial charge is 0.254 e. The number of amides is 1. The molecule has 23 heavy (non-hydrogen) atoms. The molecule has 0 spiro atoms. The van der Waals surface area contributed by atoms with Gasteiger partial charge in [-0.05, 0) is 43.7 Å². The van der Waals surface area contributed by atoms with Crippen molar-refractivity contribution in [2.24, 2.45) is 0 Å². The summed E-state index contributed by atoms with van der Waals surface area (Å²) < 4.78 is 6.98. The second kappa shape index (κ2) is 6.46. The Morgan fingerprint density at radius 2 is 1.78 bits per heavy atom.